The van der Waals surface area contributed by atoms with E-state index >= 15 is 0 Å². The lowest BCUT2D eigenvalue weighted by molar-refractivity contribution is -0.151. The molecular weight excluding hydrogens is 228 g/mol. The first kappa shape index (κ1) is 12.2. The summed E-state index contributed by atoms with van der Waals surface area (Å²) in [7, 11) is 1.72. The summed E-state index contributed by atoms with van der Waals surface area (Å²) < 4.78 is 0. The number of rotatable bonds is 3. The minimum atomic E-state index is 0.364. The summed E-state index contributed by atoms with van der Waals surface area (Å²) in [6.07, 6.45) is 8.53. The van der Waals surface area contributed by atoms with Crippen LogP contribution < -0.4 is 0 Å². The van der Waals surface area contributed by atoms with Crippen molar-refractivity contribution in [1.29, 1.82) is 0 Å². The van der Waals surface area contributed by atoms with Gasteiger partial charge in [-0.05, 0) is 31.1 Å². The predicted octanol–water partition coefficient (Wildman–Crippen LogP) is 1.44. The molecule has 0 radical (unpaired) electrons. The number of fused-ring (bicyclic) bond motifs is 2. The van der Waals surface area contributed by atoms with Crippen molar-refractivity contribution in [3.8, 4) is 0 Å². The molecule has 0 aromatic carbocycles. The van der Waals surface area contributed by atoms with Gasteiger partial charge in [-0.2, -0.15) is 5.06 Å². The maximum atomic E-state index is 12.3. The standard InChI is InChI=1S/C14H22N2O2/c1-18-15-6-4-11(5-7-15)9-14(17)16-10-12-2-3-13(16)8-12/h2-3,11-13H,4-10H2,1H3. The molecule has 4 nitrogen and oxygen atoms in total. The van der Waals surface area contributed by atoms with Gasteiger partial charge >= 0.3 is 0 Å². The van der Waals surface area contributed by atoms with Crippen molar-refractivity contribution in [2.24, 2.45) is 11.8 Å². The van der Waals surface area contributed by atoms with Gasteiger partial charge in [-0.3, -0.25) is 4.79 Å². The monoisotopic (exact) mass is 250 g/mol. The Labute approximate surface area is 109 Å². The number of piperidine rings is 1. The smallest absolute Gasteiger partial charge is 0.223 e. The van der Waals surface area contributed by atoms with Gasteiger partial charge in [0.1, 0.15) is 0 Å². The molecule has 0 aromatic rings. The number of likely N-dealkylation sites (tertiary alicyclic amines) is 1. The van der Waals surface area contributed by atoms with Crippen molar-refractivity contribution >= 4 is 5.91 Å². The first-order valence-electron chi connectivity index (χ1n) is 7.03. The maximum Gasteiger partial charge on any atom is 0.223 e. The number of nitrogens with zero attached hydrogens (tertiary/aromatic N) is 2. The topological polar surface area (TPSA) is 32.8 Å². The van der Waals surface area contributed by atoms with Crippen LogP contribution in [0, 0.1) is 11.8 Å². The van der Waals surface area contributed by atoms with Crippen LogP contribution in [0.4, 0.5) is 0 Å². The highest BCUT2D eigenvalue weighted by Gasteiger charge is 2.37. The summed E-state index contributed by atoms with van der Waals surface area (Å²) >= 11 is 0. The lowest BCUT2D eigenvalue weighted by Gasteiger charge is -2.31. The van der Waals surface area contributed by atoms with E-state index in [-0.39, 0.29) is 0 Å². The molecule has 4 heteroatoms. The molecule has 0 N–H and O–H groups in total. The fraction of sp³-hybridized carbons (Fsp3) is 0.786. The van der Waals surface area contributed by atoms with Crippen LogP contribution in [0.25, 0.3) is 0 Å². The highest BCUT2D eigenvalue weighted by Crippen LogP contribution is 2.33. The Kier molecular flexibility index (Phi) is 3.39. The van der Waals surface area contributed by atoms with Crippen LogP contribution in [0.15, 0.2) is 12.2 Å². The molecule has 2 unspecified atom stereocenters. The highest BCUT2D eigenvalue weighted by atomic mass is 16.7. The summed E-state index contributed by atoms with van der Waals surface area (Å²) in [6.45, 7) is 2.87. The zero-order valence-electron chi connectivity index (χ0n) is 11.0. The number of carbonyl (C=O) groups is 1. The number of hydrogen-bond acceptors (Lipinski definition) is 3. The molecule has 1 aliphatic carbocycles. The molecule has 100 valence electrons. The third-order valence-corrected chi connectivity index (χ3v) is 4.60. The Bertz CT molecular complexity index is 348. The summed E-state index contributed by atoms with van der Waals surface area (Å²) in [6, 6.07) is 0.404. The number of hydrogen-bond donors (Lipinski definition) is 0. The van der Waals surface area contributed by atoms with Gasteiger partial charge < -0.3 is 9.74 Å². The number of amides is 1. The molecule has 0 saturated carbocycles. The lowest BCUT2D eigenvalue weighted by Crippen LogP contribution is -2.39. The van der Waals surface area contributed by atoms with Gasteiger partial charge in [-0.1, -0.05) is 12.2 Å². The van der Waals surface area contributed by atoms with Gasteiger partial charge in [0.15, 0.2) is 0 Å². The van der Waals surface area contributed by atoms with Crippen LogP contribution in [-0.4, -0.2) is 48.7 Å². The molecule has 3 rings (SSSR count). The van der Waals surface area contributed by atoms with Gasteiger partial charge in [-0.25, -0.2) is 0 Å². The molecule has 2 saturated heterocycles. The van der Waals surface area contributed by atoms with Gasteiger partial charge in [0.05, 0.1) is 13.2 Å². The Morgan fingerprint density at radius 3 is 2.67 bits per heavy atom. The van der Waals surface area contributed by atoms with Gasteiger partial charge in [0.25, 0.3) is 0 Å². The summed E-state index contributed by atoms with van der Waals surface area (Å²) in [5.74, 6) is 1.55. The minimum Gasteiger partial charge on any atom is -0.336 e. The molecule has 1 amide bonds. The summed E-state index contributed by atoms with van der Waals surface area (Å²) in [5.41, 5.74) is 0. The number of hydroxylamine groups is 2. The van der Waals surface area contributed by atoms with E-state index in [2.05, 4.69) is 17.1 Å². The van der Waals surface area contributed by atoms with E-state index in [9.17, 15) is 4.79 Å². The molecule has 0 aromatic heterocycles. The van der Waals surface area contributed by atoms with Gasteiger partial charge in [0, 0.05) is 26.1 Å². The van der Waals surface area contributed by atoms with Crippen molar-refractivity contribution < 1.29 is 9.63 Å². The third kappa shape index (κ3) is 2.31. The maximum absolute atomic E-state index is 12.3. The number of carbonyl (C=O) groups excluding carboxylic acids is 1. The molecule has 18 heavy (non-hydrogen) atoms. The first-order valence-corrected chi connectivity index (χ1v) is 7.03. The van der Waals surface area contributed by atoms with Crippen molar-refractivity contribution in [3.63, 3.8) is 0 Å². The molecule has 2 heterocycles. The third-order valence-electron chi connectivity index (χ3n) is 4.60. The highest BCUT2D eigenvalue weighted by molar-refractivity contribution is 5.77. The van der Waals surface area contributed by atoms with E-state index in [1.165, 1.54) is 0 Å². The molecular formula is C14H22N2O2. The average molecular weight is 250 g/mol. The molecule has 2 bridgehead atoms. The van der Waals surface area contributed by atoms with Crippen molar-refractivity contribution in [1.82, 2.24) is 9.96 Å². The Morgan fingerprint density at radius 1 is 1.33 bits per heavy atom. The van der Waals surface area contributed by atoms with Crippen LogP contribution in [-0.2, 0) is 9.63 Å². The first-order chi connectivity index (χ1) is 8.76. The molecule has 2 fully saturated rings. The quantitative estimate of drug-likeness (QED) is 0.711. The lowest BCUT2D eigenvalue weighted by atomic mass is 9.93. The molecule has 0 spiro atoms. The second kappa shape index (κ2) is 5.02. The molecule has 3 aliphatic rings. The van der Waals surface area contributed by atoms with Crippen molar-refractivity contribution in [2.75, 3.05) is 26.7 Å². The Balaban J connectivity index is 1.49. The fourth-order valence-electron chi connectivity index (χ4n) is 3.45. The van der Waals surface area contributed by atoms with Crippen LogP contribution in [0.3, 0.4) is 0 Å². The van der Waals surface area contributed by atoms with Crippen LogP contribution >= 0.6 is 0 Å². The van der Waals surface area contributed by atoms with Gasteiger partial charge in [0.2, 0.25) is 5.91 Å². The minimum absolute atomic E-state index is 0.364. The van der Waals surface area contributed by atoms with E-state index in [0.29, 0.717) is 23.8 Å². The molecule has 2 atom stereocenters. The van der Waals surface area contributed by atoms with E-state index in [1.54, 1.807) is 7.11 Å². The van der Waals surface area contributed by atoms with Crippen molar-refractivity contribution in [2.45, 2.75) is 31.7 Å². The average Bonchev–Trinajstić information content (AvgIpc) is 3.02. The largest absolute Gasteiger partial charge is 0.336 e. The van der Waals surface area contributed by atoms with Crippen LogP contribution in [0.1, 0.15) is 25.7 Å². The second-order valence-electron chi connectivity index (χ2n) is 5.75. The summed E-state index contributed by atoms with van der Waals surface area (Å²) in [4.78, 5) is 19.6. The summed E-state index contributed by atoms with van der Waals surface area (Å²) in [5, 5.41) is 1.99. The van der Waals surface area contributed by atoms with E-state index in [4.69, 9.17) is 4.84 Å². The SMILES string of the molecule is CON1CCC(CC(=O)N2CC3C=CC2C3)CC1. The van der Waals surface area contributed by atoms with Crippen molar-refractivity contribution in [3.05, 3.63) is 12.2 Å². The van der Waals surface area contributed by atoms with Gasteiger partial charge in [-0.15, -0.1) is 0 Å². The molecule has 2 aliphatic heterocycles. The second-order valence-corrected chi connectivity index (χ2v) is 5.75. The van der Waals surface area contributed by atoms with Crippen LogP contribution in [0.5, 0.6) is 0 Å². The zero-order chi connectivity index (χ0) is 12.5. The zero-order valence-corrected chi connectivity index (χ0v) is 11.0. The van der Waals surface area contributed by atoms with Crippen LogP contribution in [0.2, 0.25) is 0 Å². The predicted molar refractivity (Wildman–Crippen MR) is 68.7 cm³/mol. The van der Waals surface area contributed by atoms with E-state index in [0.717, 1.165) is 45.3 Å². The fourth-order valence-corrected chi connectivity index (χ4v) is 3.45. The normalized spacial score (nSPS) is 32.4. The Hall–Kier alpha value is -0.870. The van der Waals surface area contributed by atoms with E-state index in [1.807, 2.05) is 5.06 Å². The van der Waals surface area contributed by atoms with E-state index < -0.39 is 0 Å². The Morgan fingerprint density at radius 2 is 2.11 bits per heavy atom.